The van der Waals surface area contributed by atoms with Gasteiger partial charge in [-0.1, -0.05) is 35.5 Å². The number of halogens is 1. The summed E-state index contributed by atoms with van der Waals surface area (Å²) in [4.78, 5) is 14.5. The van der Waals surface area contributed by atoms with Gasteiger partial charge < -0.3 is 24.2 Å². The average Bonchev–Trinajstić information content (AvgIpc) is 2.99. The summed E-state index contributed by atoms with van der Waals surface area (Å²) in [6.45, 7) is 2.78. The van der Waals surface area contributed by atoms with E-state index >= 15 is 0 Å². The molecular formula is C21H26BrNO5. The van der Waals surface area contributed by atoms with Gasteiger partial charge in [-0.2, -0.15) is 0 Å². The number of aliphatic hydroxyl groups excluding tert-OH is 1. The smallest absolute Gasteiger partial charge is 0.410 e. The second-order valence-electron chi connectivity index (χ2n) is 7.64. The Balaban J connectivity index is 0.00000192. The summed E-state index contributed by atoms with van der Waals surface area (Å²) in [7, 11) is 1.63. The molecule has 1 saturated heterocycles. The van der Waals surface area contributed by atoms with Crippen LogP contribution in [0.5, 0.6) is 11.5 Å². The molecule has 4 aliphatic rings. The standard InChI is InChI=1S/C20H22BrNO5.CH4/c1-3-26-19(24)22-7-6-20-11-4-5-14(23)18(20)27-17-15(25-2)9-12(21)10(16(17)20)8-13(11)22;/h4-5,9,11,13-14,18,23H,3,6-8H2,1-2H3;1H4/t11-,13+,14-,18-,20-;/m0./s1. The van der Waals surface area contributed by atoms with E-state index in [-0.39, 0.29) is 37.0 Å². The molecule has 0 aromatic heterocycles. The highest BCUT2D eigenvalue weighted by molar-refractivity contribution is 9.10. The van der Waals surface area contributed by atoms with Crippen LogP contribution in [0.3, 0.4) is 0 Å². The summed E-state index contributed by atoms with van der Waals surface area (Å²) in [6.07, 6.45) is 4.02. The molecule has 7 heteroatoms. The predicted molar refractivity (Wildman–Crippen MR) is 108 cm³/mol. The maximum atomic E-state index is 12.6. The van der Waals surface area contributed by atoms with E-state index in [4.69, 9.17) is 14.2 Å². The minimum Gasteiger partial charge on any atom is -0.493 e. The van der Waals surface area contributed by atoms with Gasteiger partial charge in [0.2, 0.25) is 0 Å². The number of hydrogen-bond acceptors (Lipinski definition) is 5. The number of carbonyl (C=O) groups excluding carboxylic acids is 1. The van der Waals surface area contributed by atoms with Crippen molar-refractivity contribution in [2.24, 2.45) is 5.92 Å². The lowest BCUT2D eigenvalue weighted by atomic mass is 9.53. The SMILES string of the molecule is C.CCOC(=O)N1CC[C@]23c4c5c(Br)cc(OC)c4O[C@H]2[C@@H](O)C=C[C@H]3[C@H]1C5. The fourth-order valence-electron chi connectivity index (χ4n) is 5.67. The predicted octanol–water partition coefficient (Wildman–Crippen LogP) is 3.43. The normalized spacial score (nSPS) is 33.5. The number of ether oxygens (including phenoxy) is 3. The number of carbonyl (C=O) groups is 1. The third-order valence-corrected chi connectivity index (χ3v) is 7.36. The number of methoxy groups -OCH3 is 1. The van der Waals surface area contributed by atoms with Crippen molar-refractivity contribution in [3.63, 3.8) is 0 Å². The molecule has 152 valence electrons. The summed E-state index contributed by atoms with van der Waals surface area (Å²) in [5.74, 6) is 1.51. The van der Waals surface area contributed by atoms with Gasteiger partial charge >= 0.3 is 6.09 Å². The zero-order valence-corrected chi connectivity index (χ0v) is 16.9. The van der Waals surface area contributed by atoms with Gasteiger partial charge in [0.1, 0.15) is 12.2 Å². The van der Waals surface area contributed by atoms with Gasteiger partial charge in [-0.25, -0.2) is 4.79 Å². The molecule has 2 bridgehead atoms. The van der Waals surface area contributed by atoms with Crippen molar-refractivity contribution in [1.29, 1.82) is 0 Å². The summed E-state index contributed by atoms with van der Waals surface area (Å²) in [5.41, 5.74) is 1.94. The lowest BCUT2D eigenvalue weighted by molar-refractivity contribution is -0.0485. The van der Waals surface area contributed by atoms with E-state index in [1.165, 1.54) is 0 Å². The maximum absolute atomic E-state index is 12.6. The molecule has 5 rings (SSSR count). The number of benzene rings is 1. The molecule has 0 radical (unpaired) electrons. The van der Waals surface area contributed by atoms with Crippen LogP contribution in [0.15, 0.2) is 22.7 Å². The van der Waals surface area contributed by atoms with Crippen LogP contribution in [0.4, 0.5) is 4.79 Å². The van der Waals surface area contributed by atoms with Gasteiger partial charge in [0.25, 0.3) is 0 Å². The van der Waals surface area contributed by atoms with E-state index in [9.17, 15) is 9.90 Å². The van der Waals surface area contributed by atoms with Crippen molar-refractivity contribution in [3.8, 4) is 11.5 Å². The van der Waals surface area contributed by atoms with Gasteiger partial charge in [-0.15, -0.1) is 0 Å². The molecule has 0 unspecified atom stereocenters. The monoisotopic (exact) mass is 451 g/mol. The van der Waals surface area contributed by atoms with Crippen molar-refractivity contribution in [2.45, 2.75) is 50.9 Å². The van der Waals surface area contributed by atoms with Crippen molar-refractivity contribution in [1.82, 2.24) is 4.90 Å². The molecule has 1 amide bonds. The number of piperidine rings is 1. The minimum atomic E-state index is -0.683. The highest BCUT2D eigenvalue weighted by Gasteiger charge is 2.65. The summed E-state index contributed by atoms with van der Waals surface area (Å²) in [6, 6.07) is 1.91. The molecule has 28 heavy (non-hydrogen) atoms. The van der Waals surface area contributed by atoms with Gasteiger partial charge in [0.05, 0.1) is 13.7 Å². The lowest BCUT2D eigenvalue weighted by Gasteiger charge is -2.56. The number of amides is 1. The number of rotatable bonds is 2. The van der Waals surface area contributed by atoms with Crippen LogP contribution in [0.25, 0.3) is 0 Å². The Labute approximate surface area is 173 Å². The minimum absolute atomic E-state index is 0. The summed E-state index contributed by atoms with van der Waals surface area (Å²) >= 11 is 3.70. The lowest BCUT2D eigenvalue weighted by Crippen LogP contribution is -2.66. The number of aliphatic hydroxyl groups is 1. The number of nitrogens with zero attached hydrogens (tertiary/aromatic N) is 1. The van der Waals surface area contributed by atoms with Crippen LogP contribution >= 0.6 is 15.9 Å². The van der Waals surface area contributed by atoms with Gasteiger partial charge in [0, 0.05) is 34.0 Å². The first-order valence-corrected chi connectivity index (χ1v) is 10.2. The van der Waals surface area contributed by atoms with Crippen molar-refractivity contribution < 1.29 is 24.1 Å². The Morgan fingerprint density at radius 1 is 1.46 bits per heavy atom. The van der Waals surface area contributed by atoms with Crippen LogP contribution in [0.2, 0.25) is 0 Å². The van der Waals surface area contributed by atoms with Crippen LogP contribution < -0.4 is 9.47 Å². The number of hydrogen-bond donors (Lipinski definition) is 1. The molecule has 1 aromatic carbocycles. The largest absolute Gasteiger partial charge is 0.493 e. The number of likely N-dealkylation sites (tertiary alicyclic amines) is 1. The zero-order valence-electron chi connectivity index (χ0n) is 15.3. The van der Waals surface area contributed by atoms with Gasteiger partial charge in [-0.3, -0.25) is 0 Å². The van der Waals surface area contributed by atoms with E-state index in [2.05, 4.69) is 22.0 Å². The Hall–Kier alpha value is -1.73. The highest BCUT2D eigenvalue weighted by atomic mass is 79.9. The van der Waals surface area contributed by atoms with Crippen LogP contribution in [0, 0.1) is 5.92 Å². The second-order valence-corrected chi connectivity index (χ2v) is 8.49. The first kappa shape index (κ1) is 19.6. The fourth-order valence-corrected chi connectivity index (χ4v) is 6.24. The fraction of sp³-hybridized carbons (Fsp3) is 0.571. The summed E-state index contributed by atoms with van der Waals surface area (Å²) in [5, 5.41) is 10.7. The van der Waals surface area contributed by atoms with E-state index in [0.717, 1.165) is 27.8 Å². The van der Waals surface area contributed by atoms with Crippen molar-refractivity contribution >= 4 is 22.0 Å². The van der Waals surface area contributed by atoms with E-state index in [0.29, 0.717) is 25.3 Å². The van der Waals surface area contributed by atoms with Crippen LogP contribution in [-0.4, -0.2) is 54.6 Å². The Kier molecular flexibility index (Phi) is 4.66. The quantitative estimate of drug-likeness (QED) is 0.697. The molecule has 6 nitrogen and oxygen atoms in total. The van der Waals surface area contributed by atoms with Crippen LogP contribution in [0.1, 0.15) is 31.9 Å². The molecule has 2 heterocycles. The first-order chi connectivity index (χ1) is 13.0. The second kappa shape index (κ2) is 6.66. The Morgan fingerprint density at radius 2 is 2.25 bits per heavy atom. The molecule has 1 N–H and O–H groups in total. The molecule has 1 fully saturated rings. The average molecular weight is 452 g/mol. The molecule has 2 aliphatic heterocycles. The Morgan fingerprint density at radius 3 is 2.96 bits per heavy atom. The molecule has 1 aromatic rings. The Bertz CT molecular complexity index is 856. The van der Waals surface area contributed by atoms with E-state index in [1.807, 2.05) is 24.0 Å². The van der Waals surface area contributed by atoms with E-state index < -0.39 is 6.10 Å². The summed E-state index contributed by atoms with van der Waals surface area (Å²) < 4.78 is 18.2. The topological polar surface area (TPSA) is 68.2 Å². The van der Waals surface area contributed by atoms with Crippen molar-refractivity contribution in [2.75, 3.05) is 20.3 Å². The van der Waals surface area contributed by atoms with Gasteiger partial charge in [-0.05, 0) is 31.4 Å². The van der Waals surface area contributed by atoms with Crippen LogP contribution in [-0.2, 0) is 16.6 Å². The third-order valence-electron chi connectivity index (χ3n) is 6.65. The third kappa shape index (κ3) is 2.26. The van der Waals surface area contributed by atoms with Gasteiger partial charge in [0.15, 0.2) is 11.5 Å². The molecule has 0 saturated carbocycles. The molecule has 5 atom stereocenters. The first-order valence-electron chi connectivity index (χ1n) is 9.39. The molecule has 1 spiro atoms. The van der Waals surface area contributed by atoms with Crippen molar-refractivity contribution in [3.05, 3.63) is 33.8 Å². The molecular weight excluding hydrogens is 426 g/mol. The highest BCUT2D eigenvalue weighted by Crippen LogP contribution is 2.63. The maximum Gasteiger partial charge on any atom is 0.410 e. The molecule has 2 aliphatic carbocycles. The van der Waals surface area contributed by atoms with E-state index in [1.54, 1.807) is 7.11 Å². The zero-order chi connectivity index (χ0) is 18.9.